The van der Waals surface area contributed by atoms with Crippen molar-refractivity contribution in [1.82, 2.24) is 0 Å². The van der Waals surface area contributed by atoms with Gasteiger partial charge < -0.3 is 0 Å². The molecule has 0 unspecified atom stereocenters. The van der Waals surface area contributed by atoms with E-state index in [0.717, 1.165) is 19.3 Å². The van der Waals surface area contributed by atoms with Crippen LogP contribution in [-0.4, -0.2) is 5.78 Å². The van der Waals surface area contributed by atoms with E-state index in [1.165, 1.54) is 18.2 Å². The zero-order valence-corrected chi connectivity index (χ0v) is 10.2. The topological polar surface area (TPSA) is 17.1 Å². The number of carbonyl (C=O) groups is 1. The fourth-order valence-corrected chi connectivity index (χ4v) is 1.75. The lowest BCUT2D eigenvalue weighted by Gasteiger charge is -2.03. The van der Waals surface area contributed by atoms with Crippen molar-refractivity contribution >= 4 is 17.4 Å². The van der Waals surface area contributed by atoms with E-state index >= 15 is 0 Å². The second kappa shape index (κ2) is 6.64. The molecule has 0 aromatic heterocycles. The molecule has 3 heteroatoms. The van der Waals surface area contributed by atoms with Gasteiger partial charge in [-0.3, -0.25) is 4.79 Å². The summed E-state index contributed by atoms with van der Waals surface area (Å²) < 4.78 is 13.3. The standard InChI is InChI=1S/C13H16ClFO/c1-2-3-4-5-12(16)9-10-8-11(14)6-7-13(10)15/h6-8H,2-5,9H2,1H3. The second-order valence-electron chi connectivity index (χ2n) is 3.91. The summed E-state index contributed by atoms with van der Waals surface area (Å²) in [6.07, 6.45) is 3.69. The van der Waals surface area contributed by atoms with E-state index < -0.39 is 0 Å². The summed E-state index contributed by atoms with van der Waals surface area (Å²) in [4.78, 5) is 11.5. The number of unbranched alkanes of at least 4 members (excludes halogenated alkanes) is 2. The molecule has 0 atom stereocenters. The minimum atomic E-state index is -0.353. The minimum absolute atomic E-state index is 0.0783. The van der Waals surface area contributed by atoms with Crippen molar-refractivity contribution < 1.29 is 9.18 Å². The zero-order chi connectivity index (χ0) is 12.0. The molecule has 1 nitrogen and oxygen atoms in total. The molecule has 0 saturated carbocycles. The van der Waals surface area contributed by atoms with Crippen molar-refractivity contribution in [1.29, 1.82) is 0 Å². The molecule has 0 aliphatic rings. The van der Waals surface area contributed by atoms with E-state index in [9.17, 15) is 9.18 Å². The van der Waals surface area contributed by atoms with Gasteiger partial charge in [0.1, 0.15) is 11.6 Å². The van der Waals surface area contributed by atoms with Crippen molar-refractivity contribution in [3.63, 3.8) is 0 Å². The van der Waals surface area contributed by atoms with Crippen molar-refractivity contribution in [3.05, 3.63) is 34.6 Å². The lowest BCUT2D eigenvalue weighted by atomic mass is 10.0. The maximum absolute atomic E-state index is 13.3. The third-order valence-corrected chi connectivity index (χ3v) is 2.69. The predicted octanol–water partition coefficient (Wildman–Crippen LogP) is 4.17. The van der Waals surface area contributed by atoms with Gasteiger partial charge in [-0.2, -0.15) is 0 Å². The summed E-state index contributed by atoms with van der Waals surface area (Å²) in [7, 11) is 0. The van der Waals surface area contributed by atoms with Crippen LogP contribution in [0, 0.1) is 5.82 Å². The largest absolute Gasteiger partial charge is 0.299 e. The molecule has 0 spiro atoms. The first-order valence-electron chi connectivity index (χ1n) is 5.59. The van der Waals surface area contributed by atoms with Crippen LogP contribution in [0.15, 0.2) is 18.2 Å². The number of rotatable bonds is 6. The highest BCUT2D eigenvalue weighted by molar-refractivity contribution is 6.30. The minimum Gasteiger partial charge on any atom is -0.299 e. The molecule has 1 rings (SSSR count). The molecule has 16 heavy (non-hydrogen) atoms. The third kappa shape index (κ3) is 4.31. The first-order chi connectivity index (χ1) is 7.63. The van der Waals surface area contributed by atoms with Crippen LogP contribution in [0.4, 0.5) is 4.39 Å². The summed E-state index contributed by atoms with van der Waals surface area (Å²) in [6.45, 7) is 2.08. The van der Waals surface area contributed by atoms with Gasteiger partial charge in [0.15, 0.2) is 0 Å². The first-order valence-corrected chi connectivity index (χ1v) is 5.97. The Morgan fingerprint density at radius 1 is 1.38 bits per heavy atom. The van der Waals surface area contributed by atoms with Crippen LogP contribution in [0.25, 0.3) is 0 Å². The van der Waals surface area contributed by atoms with E-state index in [0.29, 0.717) is 17.0 Å². The summed E-state index contributed by atoms with van der Waals surface area (Å²) in [5.41, 5.74) is 0.397. The molecule has 0 radical (unpaired) electrons. The molecule has 88 valence electrons. The Morgan fingerprint density at radius 3 is 2.81 bits per heavy atom. The monoisotopic (exact) mass is 242 g/mol. The number of hydrogen-bond donors (Lipinski definition) is 0. The van der Waals surface area contributed by atoms with E-state index in [1.807, 2.05) is 0 Å². The zero-order valence-electron chi connectivity index (χ0n) is 9.43. The Bertz CT molecular complexity index is 363. The Morgan fingerprint density at radius 2 is 2.12 bits per heavy atom. The molecular formula is C13H16ClFO. The van der Waals surface area contributed by atoms with Crippen molar-refractivity contribution in [2.75, 3.05) is 0 Å². The molecule has 0 fully saturated rings. The average Bonchev–Trinajstić information content (AvgIpc) is 2.24. The highest BCUT2D eigenvalue weighted by Crippen LogP contribution is 2.16. The maximum atomic E-state index is 13.3. The van der Waals surface area contributed by atoms with Crippen molar-refractivity contribution in [2.24, 2.45) is 0 Å². The molecule has 0 amide bonds. The average molecular weight is 243 g/mol. The van der Waals surface area contributed by atoms with Crippen LogP contribution < -0.4 is 0 Å². The second-order valence-corrected chi connectivity index (χ2v) is 4.34. The lowest BCUT2D eigenvalue weighted by molar-refractivity contribution is -0.118. The van der Waals surface area contributed by atoms with Crippen molar-refractivity contribution in [3.8, 4) is 0 Å². The van der Waals surface area contributed by atoms with Gasteiger partial charge in [0.25, 0.3) is 0 Å². The van der Waals surface area contributed by atoms with Gasteiger partial charge in [-0.05, 0) is 30.2 Å². The molecule has 1 aromatic rings. The van der Waals surface area contributed by atoms with Crippen LogP contribution in [0.2, 0.25) is 5.02 Å². The summed E-state index contributed by atoms with van der Waals surface area (Å²) >= 11 is 5.75. The fourth-order valence-electron chi connectivity index (χ4n) is 1.55. The van der Waals surface area contributed by atoms with E-state index in [4.69, 9.17) is 11.6 Å². The fraction of sp³-hybridized carbons (Fsp3) is 0.462. The van der Waals surface area contributed by atoms with Crippen LogP contribution >= 0.6 is 11.6 Å². The predicted molar refractivity (Wildman–Crippen MR) is 64.3 cm³/mol. The summed E-state index contributed by atoms with van der Waals surface area (Å²) in [5, 5.41) is 0.470. The van der Waals surface area contributed by atoms with Gasteiger partial charge in [-0.25, -0.2) is 4.39 Å². The molecular weight excluding hydrogens is 227 g/mol. The van der Waals surface area contributed by atoms with Gasteiger partial charge in [0.2, 0.25) is 0 Å². The van der Waals surface area contributed by atoms with Crippen LogP contribution in [-0.2, 0) is 11.2 Å². The van der Waals surface area contributed by atoms with Gasteiger partial charge >= 0.3 is 0 Å². The van der Waals surface area contributed by atoms with Gasteiger partial charge in [-0.15, -0.1) is 0 Å². The van der Waals surface area contributed by atoms with Crippen LogP contribution in [0.3, 0.4) is 0 Å². The number of hydrogen-bond acceptors (Lipinski definition) is 1. The summed E-state index contributed by atoms with van der Waals surface area (Å²) in [6, 6.07) is 4.31. The number of Topliss-reactive ketones (excluding diaryl/α,β-unsaturated/α-hetero) is 1. The highest BCUT2D eigenvalue weighted by Gasteiger charge is 2.08. The Hall–Kier alpha value is -0.890. The normalized spacial score (nSPS) is 10.4. The van der Waals surface area contributed by atoms with Crippen LogP contribution in [0.1, 0.15) is 38.2 Å². The van der Waals surface area contributed by atoms with Gasteiger partial charge in [0.05, 0.1) is 0 Å². The molecule has 0 aliphatic heterocycles. The SMILES string of the molecule is CCCCCC(=O)Cc1cc(Cl)ccc1F. The number of benzene rings is 1. The Kier molecular flexibility index (Phi) is 5.47. The summed E-state index contributed by atoms with van der Waals surface area (Å²) in [5.74, 6) is -0.275. The lowest BCUT2D eigenvalue weighted by Crippen LogP contribution is -2.04. The molecule has 0 saturated heterocycles. The van der Waals surface area contributed by atoms with Gasteiger partial charge in [0, 0.05) is 17.9 Å². The first kappa shape index (κ1) is 13.2. The smallest absolute Gasteiger partial charge is 0.137 e. The quantitative estimate of drug-likeness (QED) is 0.685. The molecule has 0 heterocycles. The van der Waals surface area contributed by atoms with E-state index in [1.54, 1.807) is 0 Å². The number of ketones is 1. The third-order valence-electron chi connectivity index (χ3n) is 2.45. The Labute approximate surface area is 101 Å². The number of carbonyl (C=O) groups excluding carboxylic acids is 1. The molecule has 1 aromatic carbocycles. The van der Waals surface area contributed by atoms with E-state index in [-0.39, 0.29) is 18.0 Å². The molecule has 0 N–H and O–H groups in total. The molecule has 0 aliphatic carbocycles. The highest BCUT2D eigenvalue weighted by atomic mass is 35.5. The maximum Gasteiger partial charge on any atom is 0.137 e. The van der Waals surface area contributed by atoms with Crippen LogP contribution in [0.5, 0.6) is 0 Å². The van der Waals surface area contributed by atoms with E-state index in [2.05, 4.69) is 6.92 Å². The van der Waals surface area contributed by atoms with Crippen molar-refractivity contribution in [2.45, 2.75) is 39.0 Å². The van der Waals surface area contributed by atoms with Gasteiger partial charge in [-0.1, -0.05) is 31.4 Å². The Balaban J connectivity index is 2.52. The molecule has 0 bridgehead atoms. The number of halogens is 2.